The van der Waals surface area contributed by atoms with Crippen molar-refractivity contribution < 1.29 is 38.1 Å². The molecule has 14 nitrogen and oxygen atoms in total. The summed E-state index contributed by atoms with van der Waals surface area (Å²) in [6.07, 6.45) is -4.15. The van der Waals surface area contributed by atoms with Crippen LogP contribution in [0, 0.1) is 13.8 Å². The Morgan fingerprint density at radius 2 is 1.41 bits per heavy atom. The van der Waals surface area contributed by atoms with Crippen LogP contribution in [0.4, 0.5) is 22.9 Å². The second-order valence-corrected chi connectivity index (χ2v) is 8.99. The van der Waals surface area contributed by atoms with Gasteiger partial charge in [0.2, 0.25) is 0 Å². The van der Waals surface area contributed by atoms with Gasteiger partial charge < -0.3 is 29.2 Å². The first-order valence-corrected chi connectivity index (χ1v) is 11.9. The fourth-order valence-electron chi connectivity index (χ4n) is 4.15. The maximum absolute atomic E-state index is 12.7. The summed E-state index contributed by atoms with van der Waals surface area (Å²) in [4.78, 5) is 78.9. The van der Waals surface area contributed by atoms with E-state index in [9.17, 15) is 28.8 Å². The number of hydrogen-bond donors (Lipinski definition) is 3. The standard InChI is InChI=1S/C25H30N4O10/c1-11-7-17-18(8-12(11)2)29(23-21(26-17)24(34)28-25(35)27-23)9-19(37-14(4)31)22(39-16(6)33)20(38-15(5)32)10-36-13(3)30/h7-8,19-20,22,26H,9-10H2,1-6H3,(H2,27,28,34,35)/t19-,20+,22-/m0/s1. The van der Waals surface area contributed by atoms with Gasteiger partial charge in [-0.3, -0.25) is 33.9 Å². The Morgan fingerprint density at radius 3 is 2.00 bits per heavy atom. The van der Waals surface area contributed by atoms with Crippen LogP contribution in [-0.2, 0) is 38.1 Å². The molecule has 0 spiro atoms. The molecule has 0 saturated heterocycles. The van der Waals surface area contributed by atoms with E-state index in [1.807, 2.05) is 13.8 Å². The topological polar surface area (TPSA) is 186 Å². The van der Waals surface area contributed by atoms with Gasteiger partial charge in [0, 0.05) is 27.7 Å². The zero-order valence-corrected chi connectivity index (χ0v) is 22.3. The first-order chi connectivity index (χ1) is 18.3. The van der Waals surface area contributed by atoms with Crippen LogP contribution in [0.5, 0.6) is 0 Å². The number of H-pyrrole nitrogens is 2. The van der Waals surface area contributed by atoms with E-state index < -0.39 is 60.0 Å². The molecule has 2 aromatic rings. The number of nitrogens with one attached hydrogen (secondary N) is 3. The van der Waals surface area contributed by atoms with Crippen molar-refractivity contribution >= 4 is 46.8 Å². The molecule has 39 heavy (non-hydrogen) atoms. The number of fused-ring (bicyclic) bond motifs is 2. The van der Waals surface area contributed by atoms with E-state index in [1.165, 1.54) is 4.90 Å². The van der Waals surface area contributed by atoms with E-state index in [2.05, 4.69) is 15.3 Å². The minimum Gasteiger partial charge on any atom is -0.462 e. The average molecular weight is 547 g/mol. The van der Waals surface area contributed by atoms with Crippen molar-refractivity contribution in [1.82, 2.24) is 9.97 Å². The van der Waals surface area contributed by atoms with E-state index in [0.29, 0.717) is 11.4 Å². The molecule has 0 unspecified atom stereocenters. The first-order valence-electron chi connectivity index (χ1n) is 11.9. The van der Waals surface area contributed by atoms with E-state index >= 15 is 0 Å². The number of esters is 4. The van der Waals surface area contributed by atoms with Crippen molar-refractivity contribution in [1.29, 1.82) is 0 Å². The van der Waals surface area contributed by atoms with Gasteiger partial charge in [-0.15, -0.1) is 0 Å². The molecule has 3 rings (SSSR count). The molecular weight excluding hydrogens is 516 g/mol. The summed E-state index contributed by atoms with van der Waals surface area (Å²) >= 11 is 0. The Morgan fingerprint density at radius 1 is 0.821 bits per heavy atom. The Balaban J connectivity index is 2.18. The summed E-state index contributed by atoms with van der Waals surface area (Å²) in [5.41, 5.74) is 1.36. The number of anilines is 4. The highest BCUT2D eigenvalue weighted by Crippen LogP contribution is 2.42. The predicted molar refractivity (Wildman–Crippen MR) is 137 cm³/mol. The monoisotopic (exact) mass is 546 g/mol. The smallest absolute Gasteiger partial charge is 0.327 e. The van der Waals surface area contributed by atoms with Crippen LogP contribution in [0.1, 0.15) is 38.8 Å². The highest BCUT2D eigenvalue weighted by Gasteiger charge is 2.40. The number of aryl methyl sites for hydroxylation is 2. The van der Waals surface area contributed by atoms with Gasteiger partial charge in [0.15, 0.2) is 18.3 Å². The quantitative estimate of drug-likeness (QED) is 0.302. The number of hydrogen-bond acceptors (Lipinski definition) is 12. The van der Waals surface area contributed by atoms with Gasteiger partial charge in [-0.2, -0.15) is 0 Å². The van der Waals surface area contributed by atoms with Gasteiger partial charge >= 0.3 is 29.6 Å². The van der Waals surface area contributed by atoms with Crippen molar-refractivity contribution in [2.24, 2.45) is 0 Å². The van der Waals surface area contributed by atoms with Crippen LogP contribution < -0.4 is 21.5 Å². The van der Waals surface area contributed by atoms with Crippen LogP contribution in [0.3, 0.4) is 0 Å². The zero-order chi connectivity index (χ0) is 29.0. The molecule has 14 heteroatoms. The molecule has 0 radical (unpaired) electrons. The Kier molecular flexibility index (Phi) is 8.78. The van der Waals surface area contributed by atoms with Gasteiger partial charge in [-0.05, 0) is 37.1 Å². The van der Waals surface area contributed by atoms with E-state index in [-0.39, 0.29) is 18.1 Å². The maximum atomic E-state index is 12.7. The number of ether oxygens (including phenoxy) is 4. The zero-order valence-electron chi connectivity index (χ0n) is 22.3. The van der Waals surface area contributed by atoms with Gasteiger partial charge in [-0.1, -0.05) is 0 Å². The highest BCUT2D eigenvalue weighted by molar-refractivity contribution is 5.90. The molecule has 0 aliphatic carbocycles. The fourth-order valence-corrected chi connectivity index (χ4v) is 4.15. The molecule has 0 fully saturated rings. The fraction of sp³-hybridized carbons (Fsp3) is 0.440. The number of carbonyl (C=O) groups excluding carboxylic acids is 4. The summed E-state index contributed by atoms with van der Waals surface area (Å²) in [6.45, 7) is 7.44. The molecule has 1 aliphatic rings. The van der Waals surface area contributed by atoms with Gasteiger partial charge in [-0.25, -0.2) is 4.79 Å². The minimum absolute atomic E-state index is 0.0208. The number of rotatable bonds is 9. The van der Waals surface area contributed by atoms with Crippen LogP contribution in [-0.4, -0.2) is 65.3 Å². The van der Waals surface area contributed by atoms with Crippen molar-refractivity contribution in [2.45, 2.75) is 59.9 Å². The molecule has 3 N–H and O–H groups in total. The second kappa shape index (κ2) is 11.8. The Labute approximate surface area is 222 Å². The summed E-state index contributed by atoms with van der Waals surface area (Å²) in [7, 11) is 0. The van der Waals surface area contributed by atoms with Crippen LogP contribution in [0.15, 0.2) is 21.7 Å². The lowest BCUT2D eigenvalue weighted by molar-refractivity contribution is -0.188. The molecule has 1 aliphatic heterocycles. The van der Waals surface area contributed by atoms with Crippen molar-refractivity contribution in [2.75, 3.05) is 23.4 Å². The Hall–Kier alpha value is -4.62. The minimum atomic E-state index is -1.45. The lowest BCUT2D eigenvalue weighted by Crippen LogP contribution is -2.51. The van der Waals surface area contributed by atoms with Gasteiger partial charge in [0.1, 0.15) is 18.1 Å². The molecule has 0 bridgehead atoms. The van der Waals surface area contributed by atoms with E-state index in [1.54, 1.807) is 12.1 Å². The third-order valence-corrected chi connectivity index (χ3v) is 5.84. The SMILES string of the molecule is CC(=O)OC[C@@H](OC(C)=O)[C@@H](OC(C)=O)[C@H](CN1c2cc(C)c(C)cc2Nc2c1[nH]c(=O)[nH]c2=O)OC(C)=O. The molecule has 1 aromatic heterocycles. The van der Waals surface area contributed by atoms with Crippen LogP contribution in [0.25, 0.3) is 0 Å². The molecule has 1 aromatic carbocycles. The van der Waals surface area contributed by atoms with Crippen molar-refractivity contribution in [3.63, 3.8) is 0 Å². The Bertz CT molecular complexity index is 1410. The molecule has 0 amide bonds. The van der Waals surface area contributed by atoms with Crippen molar-refractivity contribution in [3.8, 4) is 0 Å². The third kappa shape index (κ3) is 7.03. The summed E-state index contributed by atoms with van der Waals surface area (Å²) < 4.78 is 21.3. The third-order valence-electron chi connectivity index (χ3n) is 5.84. The number of aromatic nitrogens is 2. The molecule has 2 heterocycles. The predicted octanol–water partition coefficient (Wildman–Crippen LogP) is 1.23. The number of nitrogens with zero attached hydrogens (tertiary/aromatic N) is 1. The van der Waals surface area contributed by atoms with Crippen LogP contribution in [0.2, 0.25) is 0 Å². The van der Waals surface area contributed by atoms with Gasteiger partial charge in [0.25, 0.3) is 5.56 Å². The first kappa shape index (κ1) is 28.9. The van der Waals surface area contributed by atoms with Gasteiger partial charge in [0.05, 0.1) is 17.9 Å². The molecule has 3 atom stereocenters. The molecular formula is C25H30N4O10. The summed E-state index contributed by atoms with van der Waals surface area (Å²) in [5.74, 6) is -2.96. The normalized spacial score (nSPS) is 14.1. The van der Waals surface area contributed by atoms with E-state index in [0.717, 1.165) is 38.8 Å². The number of aromatic amines is 2. The summed E-state index contributed by atoms with van der Waals surface area (Å²) in [6, 6.07) is 3.60. The average Bonchev–Trinajstić information content (AvgIpc) is 2.80. The van der Waals surface area contributed by atoms with Crippen LogP contribution >= 0.6 is 0 Å². The largest absolute Gasteiger partial charge is 0.462 e. The highest BCUT2D eigenvalue weighted by atomic mass is 16.6. The number of carbonyl (C=O) groups is 4. The lowest BCUT2D eigenvalue weighted by atomic mass is 10.0. The molecule has 210 valence electrons. The molecule has 0 saturated carbocycles. The lowest BCUT2D eigenvalue weighted by Gasteiger charge is -2.38. The van der Waals surface area contributed by atoms with Crippen molar-refractivity contribution in [3.05, 3.63) is 44.1 Å². The maximum Gasteiger partial charge on any atom is 0.327 e. The van der Waals surface area contributed by atoms with E-state index in [4.69, 9.17) is 18.9 Å². The second-order valence-electron chi connectivity index (χ2n) is 8.99. The summed E-state index contributed by atoms with van der Waals surface area (Å²) in [5, 5.41) is 3.02. The number of benzene rings is 1.